The first-order valence-electron chi connectivity index (χ1n) is 6.81. The highest BCUT2D eigenvalue weighted by atomic mass is 32.2. The van der Waals surface area contributed by atoms with Crippen molar-refractivity contribution in [1.82, 2.24) is 9.62 Å². The number of hydrogen-bond donors (Lipinski definition) is 1. The lowest BCUT2D eigenvalue weighted by molar-refractivity contribution is 0.209. The van der Waals surface area contributed by atoms with Gasteiger partial charge in [-0.15, -0.1) is 0 Å². The normalized spacial score (nSPS) is 29.2. The van der Waals surface area contributed by atoms with Gasteiger partial charge < -0.3 is 5.32 Å². The number of rotatable bonds is 5. The maximum absolute atomic E-state index is 12.4. The monoisotopic (exact) mass is 260 g/mol. The fourth-order valence-electron chi connectivity index (χ4n) is 2.76. The molecule has 1 saturated heterocycles. The van der Waals surface area contributed by atoms with Gasteiger partial charge in [-0.2, -0.15) is 4.31 Å². The zero-order valence-corrected chi connectivity index (χ0v) is 11.7. The molecule has 0 aromatic rings. The lowest BCUT2D eigenvalue weighted by atomic mass is 9.99. The quantitative estimate of drug-likeness (QED) is 0.811. The minimum absolute atomic E-state index is 0.0723. The molecule has 1 aliphatic heterocycles. The van der Waals surface area contributed by atoms with Gasteiger partial charge in [0, 0.05) is 18.6 Å². The molecule has 0 amide bonds. The number of piperidine rings is 1. The van der Waals surface area contributed by atoms with Crippen molar-refractivity contribution in [3.63, 3.8) is 0 Å². The number of nitrogens with one attached hydrogen (secondary N) is 1. The molecule has 2 aliphatic rings. The zero-order valence-electron chi connectivity index (χ0n) is 10.9. The number of likely N-dealkylation sites (N-methyl/N-ethyl adjacent to an activating group) is 1. The Labute approximate surface area is 105 Å². The van der Waals surface area contributed by atoms with Crippen LogP contribution in [0.25, 0.3) is 0 Å². The van der Waals surface area contributed by atoms with Crippen LogP contribution in [-0.4, -0.2) is 43.1 Å². The summed E-state index contributed by atoms with van der Waals surface area (Å²) in [6.07, 6.45) is 4.89. The topological polar surface area (TPSA) is 49.4 Å². The molecule has 2 rings (SSSR count). The van der Waals surface area contributed by atoms with Crippen molar-refractivity contribution in [1.29, 1.82) is 0 Å². The molecule has 2 unspecified atom stereocenters. The van der Waals surface area contributed by atoms with E-state index in [1.807, 2.05) is 0 Å². The van der Waals surface area contributed by atoms with Gasteiger partial charge in [0.1, 0.15) is 0 Å². The fraction of sp³-hybridized carbons (Fsp3) is 1.00. The molecular weight excluding hydrogens is 236 g/mol. The molecule has 0 bridgehead atoms. The van der Waals surface area contributed by atoms with E-state index in [1.54, 1.807) is 4.31 Å². The van der Waals surface area contributed by atoms with E-state index < -0.39 is 10.0 Å². The van der Waals surface area contributed by atoms with Gasteiger partial charge in [-0.25, -0.2) is 8.42 Å². The molecular formula is C12H24N2O2S. The van der Waals surface area contributed by atoms with Crippen LogP contribution in [0.2, 0.25) is 0 Å². The largest absolute Gasteiger partial charge is 0.313 e. The molecule has 100 valence electrons. The molecule has 0 radical (unpaired) electrons. The van der Waals surface area contributed by atoms with E-state index in [1.165, 1.54) is 0 Å². The van der Waals surface area contributed by atoms with E-state index >= 15 is 0 Å². The maximum Gasteiger partial charge on any atom is 0.217 e. The van der Waals surface area contributed by atoms with Gasteiger partial charge in [0.05, 0.1) is 5.25 Å². The SMILES string of the molecule is CCNC(C)C1CCCCN1S(=O)(=O)C1CC1. The van der Waals surface area contributed by atoms with Crippen molar-refractivity contribution >= 4 is 10.0 Å². The van der Waals surface area contributed by atoms with Crippen LogP contribution >= 0.6 is 0 Å². The Kier molecular flexibility index (Phi) is 4.10. The predicted molar refractivity (Wildman–Crippen MR) is 69.4 cm³/mol. The summed E-state index contributed by atoms with van der Waals surface area (Å²) in [7, 11) is -3.01. The molecule has 2 atom stereocenters. The van der Waals surface area contributed by atoms with Gasteiger partial charge in [0.15, 0.2) is 0 Å². The Morgan fingerprint density at radius 3 is 2.59 bits per heavy atom. The Hall–Kier alpha value is -0.130. The van der Waals surface area contributed by atoms with Gasteiger partial charge >= 0.3 is 0 Å². The van der Waals surface area contributed by atoms with Crippen molar-refractivity contribution in [2.75, 3.05) is 13.1 Å². The van der Waals surface area contributed by atoms with E-state index in [4.69, 9.17) is 0 Å². The molecule has 4 nitrogen and oxygen atoms in total. The minimum Gasteiger partial charge on any atom is -0.313 e. The van der Waals surface area contributed by atoms with Crippen LogP contribution < -0.4 is 5.32 Å². The first-order valence-corrected chi connectivity index (χ1v) is 8.31. The van der Waals surface area contributed by atoms with Crippen molar-refractivity contribution in [3.8, 4) is 0 Å². The van der Waals surface area contributed by atoms with E-state index in [0.29, 0.717) is 0 Å². The summed E-state index contributed by atoms with van der Waals surface area (Å²) in [6.45, 7) is 5.79. The second-order valence-corrected chi connectivity index (χ2v) is 7.43. The highest BCUT2D eigenvalue weighted by molar-refractivity contribution is 7.90. The fourth-order valence-corrected chi connectivity index (χ4v) is 4.93. The third kappa shape index (κ3) is 2.83. The first kappa shape index (κ1) is 13.3. The van der Waals surface area contributed by atoms with E-state index in [2.05, 4.69) is 19.2 Å². The molecule has 1 heterocycles. The Morgan fingerprint density at radius 1 is 1.29 bits per heavy atom. The second-order valence-electron chi connectivity index (χ2n) is 5.26. The van der Waals surface area contributed by atoms with Crippen molar-refractivity contribution in [3.05, 3.63) is 0 Å². The highest BCUT2D eigenvalue weighted by Crippen LogP contribution is 2.34. The van der Waals surface area contributed by atoms with Gasteiger partial charge in [-0.1, -0.05) is 13.3 Å². The third-order valence-corrected chi connectivity index (χ3v) is 6.30. The summed E-state index contributed by atoms with van der Waals surface area (Å²) >= 11 is 0. The lowest BCUT2D eigenvalue weighted by Crippen LogP contribution is -2.53. The average molecular weight is 260 g/mol. The van der Waals surface area contributed by atoms with Crippen LogP contribution in [0.5, 0.6) is 0 Å². The molecule has 1 N–H and O–H groups in total. The first-order chi connectivity index (χ1) is 8.07. The van der Waals surface area contributed by atoms with Crippen LogP contribution in [-0.2, 0) is 10.0 Å². The minimum atomic E-state index is -3.01. The Morgan fingerprint density at radius 2 is 2.00 bits per heavy atom. The predicted octanol–water partition coefficient (Wildman–Crippen LogP) is 1.33. The average Bonchev–Trinajstić information content (AvgIpc) is 3.13. The summed E-state index contributed by atoms with van der Waals surface area (Å²) in [5.74, 6) is 0. The molecule has 1 saturated carbocycles. The van der Waals surface area contributed by atoms with Crippen LogP contribution in [0, 0.1) is 0 Å². The number of nitrogens with zero attached hydrogens (tertiary/aromatic N) is 1. The third-order valence-electron chi connectivity index (χ3n) is 3.87. The molecule has 5 heteroatoms. The Balaban J connectivity index is 2.11. The summed E-state index contributed by atoms with van der Waals surface area (Å²) in [5, 5.41) is 3.30. The molecule has 1 aliphatic carbocycles. The summed E-state index contributed by atoms with van der Waals surface area (Å²) in [5.41, 5.74) is 0. The van der Waals surface area contributed by atoms with Crippen molar-refractivity contribution < 1.29 is 8.42 Å². The molecule has 2 fully saturated rings. The van der Waals surface area contributed by atoms with Crippen LogP contribution in [0.3, 0.4) is 0 Å². The van der Waals surface area contributed by atoms with Crippen LogP contribution in [0.1, 0.15) is 46.0 Å². The standard InChI is InChI=1S/C12H24N2O2S/c1-3-13-10(2)12-6-4-5-9-14(12)17(15,16)11-7-8-11/h10-13H,3-9H2,1-2H3. The van der Waals surface area contributed by atoms with Gasteiger partial charge in [0.2, 0.25) is 10.0 Å². The van der Waals surface area contributed by atoms with Gasteiger partial charge in [-0.3, -0.25) is 0 Å². The van der Waals surface area contributed by atoms with E-state index in [9.17, 15) is 8.42 Å². The molecule has 17 heavy (non-hydrogen) atoms. The highest BCUT2D eigenvalue weighted by Gasteiger charge is 2.44. The molecule has 0 aromatic carbocycles. The van der Waals surface area contributed by atoms with Gasteiger partial charge in [0.25, 0.3) is 0 Å². The van der Waals surface area contributed by atoms with E-state index in [0.717, 1.165) is 45.2 Å². The smallest absolute Gasteiger partial charge is 0.217 e. The van der Waals surface area contributed by atoms with Gasteiger partial charge in [-0.05, 0) is 39.2 Å². The maximum atomic E-state index is 12.4. The van der Waals surface area contributed by atoms with Crippen LogP contribution in [0.4, 0.5) is 0 Å². The van der Waals surface area contributed by atoms with Crippen molar-refractivity contribution in [2.24, 2.45) is 0 Å². The molecule has 0 aromatic heterocycles. The zero-order chi connectivity index (χ0) is 12.5. The van der Waals surface area contributed by atoms with Crippen molar-refractivity contribution in [2.45, 2.75) is 63.3 Å². The number of sulfonamides is 1. The summed E-state index contributed by atoms with van der Waals surface area (Å²) < 4.78 is 26.5. The summed E-state index contributed by atoms with van der Waals surface area (Å²) in [4.78, 5) is 0. The number of hydrogen-bond acceptors (Lipinski definition) is 3. The Bertz CT molecular complexity index is 352. The molecule has 0 spiro atoms. The van der Waals surface area contributed by atoms with Crippen LogP contribution in [0.15, 0.2) is 0 Å². The lowest BCUT2D eigenvalue weighted by Gasteiger charge is -2.38. The van der Waals surface area contributed by atoms with E-state index in [-0.39, 0.29) is 17.3 Å². The second kappa shape index (κ2) is 5.24. The summed E-state index contributed by atoms with van der Waals surface area (Å²) in [6, 6.07) is 0.420.